The van der Waals surface area contributed by atoms with Crippen molar-refractivity contribution in [1.29, 1.82) is 0 Å². The number of aromatic nitrogens is 4. The minimum Gasteiger partial charge on any atom is -0.301 e. The molecular weight excluding hydrogens is 342 g/mol. The summed E-state index contributed by atoms with van der Waals surface area (Å²) in [5.74, 6) is 0.843. The van der Waals surface area contributed by atoms with Gasteiger partial charge in [0.05, 0.1) is 5.75 Å². The van der Waals surface area contributed by atoms with Gasteiger partial charge >= 0.3 is 0 Å². The summed E-state index contributed by atoms with van der Waals surface area (Å²) in [5, 5.41) is 11.5. The molecule has 0 atom stereocenters. The number of hydrogen-bond donors (Lipinski definition) is 2. The monoisotopic (exact) mass is 357 g/mol. The quantitative estimate of drug-likeness (QED) is 0.444. The lowest BCUT2D eigenvalue weighted by Gasteiger charge is -2.02. The van der Waals surface area contributed by atoms with E-state index >= 15 is 0 Å². The van der Waals surface area contributed by atoms with Crippen LogP contribution < -0.4 is 10.9 Å². The Hall–Kier alpha value is -1.39. The van der Waals surface area contributed by atoms with E-state index in [1.807, 2.05) is 13.8 Å². The van der Waals surface area contributed by atoms with E-state index in [0.29, 0.717) is 22.4 Å². The van der Waals surface area contributed by atoms with Crippen LogP contribution >= 0.6 is 34.9 Å². The number of carbonyl (C=O) groups is 1. The van der Waals surface area contributed by atoms with Crippen LogP contribution in [0, 0.1) is 0 Å². The van der Waals surface area contributed by atoms with E-state index in [-0.39, 0.29) is 17.2 Å². The normalized spacial score (nSPS) is 10.6. The molecule has 2 N–H and O–H groups in total. The molecule has 0 aliphatic rings. The first-order valence-corrected chi connectivity index (χ1v) is 9.38. The van der Waals surface area contributed by atoms with Crippen LogP contribution in [0.1, 0.15) is 19.5 Å². The third-order valence-electron chi connectivity index (χ3n) is 2.40. The topological polar surface area (TPSA) is 101 Å². The summed E-state index contributed by atoms with van der Waals surface area (Å²) in [6.07, 6.45) is 0.673. The molecule has 0 saturated heterocycles. The van der Waals surface area contributed by atoms with Crippen LogP contribution in [0.5, 0.6) is 0 Å². The lowest BCUT2D eigenvalue weighted by molar-refractivity contribution is -0.113. The molecule has 22 heavy (non-hydrogen) atoms. The molecule has 1 amide bonds. The number of carbonyl (C=O) groups excluding carboxylic acids is 1. The third kappa shape index (κ3) is 5.11. The van der Waals surface area contributed by atoms with Crippen molar-refractivity contribution in [3.8, 4) is 0 Å². The zero-order chi connectivity index (χ0) is 15.9. The molecule has 0 spiro atoms. The Kier molecular flexibility index (Phi) is 6.40. The van der Waals surface area contributed by atoms with Crippen LogP contribution in [0.3, 0.4) is 0 Å². The molecule has 0 aliphatic carbocycles. The van der Waals surface area contributed by atoms with Gasteiger partial charge in [-0.25, -0.2) is 4.98 Å². The van der Waals surface area contributed by atoms with Crippen molar-refractivity contribution >= 4 is 45.9 Å². The highest BCUT2D eigenvalue weighted by Crippen LogP contribution is 2.25. The summed E-state index contributed by atoms with van der Waals surface area (Å²) in [4.78, 5) is 30.2. The van der Waals surface area contributed by atoms with Gasteiger partial charge in [-0.2, -0.15) is 0 Å². The summed E-state index contributed by atoms with van der Waals surface area (Å²) in [7, 11) is 0. The van der Waals surface area contributed by atoms with Gasteiger partial charge in [0.25, 0.3) is 5.56 Å². The molecule has 0 bridgehead atoms. The fourth-order valence-corrected chi connectivity index (χ4v) is 3.82. The minimum absolute atomic E-state index is 0.145. The average molecular weight is 357 g/mol. The van der Waals surface area contributed by atoms with Gasteiger partial charge < -0.3 is 4.98 Å². The number of aryl methyl sites for hydroxylation is 1. The van der Waals surface area contributed by atoms with Crippen LogP contribution in [0.15, 0.2) is 20.4 Å². The largest absolute Gasteiger partial charge is 0.301 e. The number of thioether (sulfide) groups is 2. The maximum absolute atomic E-state index is 11.9. The summed E-state index contributed by atoms with van der Waals surface area (Å²) >= 11 is 4.10. The molecule has 118 valence electrons. The molecule has 7 nitrogen and oxygen atoms in total. The van der Waals surface area contributed by atoms with Crippen molar-refractivity contribution in [3.63, 3.8) is 0 Å². The van der Waals surface area contributed by atoms with Crippen molar-refractivity contribution in [1.82, 2.24) is 20.2 Å². The minimum atomic E-state index is -0.209. The smallest absolute Gasteiger partial charge is 0.251 e. The summed E-state index contributed by atoms with van der Waals surface area (Å²) < 4.78 is 0.826. The number of H-pyrrole nitrogens is 1. The molecule has 2 heterocycles. The fraction of sp³-hybridized carbons (Fsp3) is 0.417. The van der Waals surface area contributed by atoms with Gasteiger partial charge in [-0.15, -0.1) is 10.2 Å². The Morgan fingerprint density at radius 1 is 1.36 bits per heavy atom. The fourth-order valence-electron chi connectivity index (χ4n) is 1.46. The van der Waals surface area contributed by atoms with Crippen molar-refractivity contribution in [2.24, 2.45) is 0 Å². The Morgan fingerprint density at radius 3 is 2.91 bits per heavy atom. The predicted octanol–water partition coefficient (Wildman–Crippen LogP) is 2.03. The lowest BCUT2D eigenvalue weighted by atomic mass is 10.3. The van der Waals surface area contributed by atoms with Crippen molar-refractivity contribution < 1.29 is 4.79 Å². The Balaban J connectivity index is 1.89. The van der Waals surface area contributed by atoms with Gasteiger partial charge in [0.15, 0.2) is 9.50 Å². The maximum Gasteiger partial charge on any atom is 0.251 e. The van der Waals surface area contributed by atoms with Gasteiger partial charge in [-0.05, 0) is 12.2 Å². The molecule has 0 fully saturated rings. The first-order chi connectivity index (χ1) is 10.6. The summed E-state index contributed by atoms with van der Waals surface area (Å²) in [6, 6.07) is 1.46. The molecule has 2 aromatic rings. The van der Waals surface area contributed by atoms with E-state index in [1.54, 1.807) is 11.8 Å². The number of hydrogen-bond acceptors (Lipinski definition) is 8. The van der Waals surface area contributed by atoms with E-state index in [4.69, 9.17) is 0 Å². The number of nitrogens with one attached hydrogen (secondary N) is 2. The van der Waals surface area contributed by atoms with Crippen LogP contribution in [0.4, 0.5) is 5.13 Å². The standard InChI is InChI=1S/C12H15N5O2S3/c1-3-7-5-8(18)14-10(13-7)21-6-9(19)15-11-16-17-12(22-11)20-4-2/h5H,3-4,6H2,1-2H3,(H,13,14,18)(H,15,16,19). The summed E-state index contributed by atoms with van der Waals surface area (Å²) in [5.41, 5.74) is 0.497. The van der Waals surface area contributed by atoms with Gasteiger partial charge in [0, 0.05) is 11.8 Å². The molecule has 0 saturated carbocycles. The van der Waals surface area contributed by atoms with Crippen LogP contribution in [0.25, 0.3) is 0 Å². The van der Waals surface area contributed by atoms with E-state index in [0.717, 1.165) is 10.1 Å². The zero-order valence-corrected chi connectivity index (χ0v) is 14.5. The molecule has 0 aromatic carbocycles. The second kappa shape index (κ2) is 8.30. The summed E-state index contributed by atoms with van der Waals surface area (Å²) in [6.45, 7) is 3.95. The van der Waals surface area contributed by atoms with Gasteiger partial charge in [-0.1, -0.05) is 48.7 Å². The SMILES string of the molecule is CCSc1nnc(NC(=O)CSc2nc(CC)cc(=O)[nH]2)s1. The highest BCUT2D eigenvalue weighted by atomic mass is 32.2. The highest BCUT2D eigenvalue weighted by Gasteiger charge is 2.10. The predicted molar refractivity (Wildman–Crippen MR) is 89.9 cm³/mol. The average Bonchev–Trinajstić information content (AvgIpc) is 2.92. The van der Waals surface area contributed by atoms with E-state index in [2.05, 4.69) is 25.5 Å². The van der Waals surface area contributed by atoms with E-state index in [1.165, 1.54) is 29.2 Å². The van der Waals surface area contributed by atoms with Crippen molar-refractivity contribution in [2.75, 3.05) is 16.8 Å². The van der Waals surface area contributed by atoms with Gasteiger partial charge in [-0.3, -0.25) is 14.9 Å². The number of anilines is 1. The van der Waals surface area contributed by atoms with Crippen molar-refractivity contribution in [2.45, 2.75) is 29.8 Å². The molecule has 10 heteroatoms. The second-order valence-electron chi connectivity index (χ2n) is 4.04. The Bertz CT molecular complexity index is 700. The number of rotatable bonds is 7. The maximum atomic E-state index is 11.9. The van der Waals surface area contributed by atoms with Crippen LogP contribution in [-0.4, -0.2) is 37.6 Å². The first kappa shape index (κ1) is 17.0. The molecule has 0 aliphatic heterocycles. The number of nitrogens with zero attached hydrogens (tertiary/aromatic N) is 3. The lowest BCUT2D eigenvalue weighted by Crippen LogP contribution is -2.15. The van der Waals surface area contributed by atoms with Crippen LogP contribution in [0.2, 0.25) is 0 Å². The third-order valence-corrected chi connectivity index (χ3v) is 5.12. The van der Waals surface area contributed by atoms with E-state index < -0.39 is 0 Å². The highest BCUT2D eigenvalue weighted by molar-refractivity contribution is 8.01. The second-order valence-corrected chi connectivity index (χ2v) is 7.49. The molecule has 0 unspecified atom stereocenters. The molecule has 0 radical (unpaired) electrons. The van der Waals surface area contributed by atoms with Gasteiger partial charge in [0.1, 0.15) is 0 Å². The number of aromatic amines is 1. The van der Waals surface area contributed by atoms with Crippen LogP contribution in [-0.2, 0) is 11.2 Å². The molecule has 2 aromatic heterocycles. The Labute approximate surface area is 139 Å². The zero-order valence-electron chi connectivity index (χ0n) is 12.1. The molecular formula is C12H15N5O2S3. The first-order valence-electron chi connectivity index (χ1n) is 6.60. The van der Waals surface area contributed by atoms with Crippen molar-refractivity contribution in [3.05, 3.63) is 22.1 Å². The molecule has 2 rings (SSSR count). The van der Waals surface area contributed by atoms with E-state index in [9.17, 15) is 9.59 Å². The number of amides is 1. The Morgan fingerprint density at radius 2 is 2.18 bits per heavy atom. The van der Waals surface area contributed by atoms with Gasteiger partial charge in [0.2, 0.25) is 11.0 Å².